The van der Waals surface area contributed by atoms with Gasteiger partial charge in [0.25, 0.3) is 0 Å². The lowest BCUT2D eigenvalue weighted by Crippen LogP contribution is -2.25. The van der Waals surface area contributed by atoms with Crippen molar-refractivity contribution in [2.75, 3.05) is 11.4 Å². The molecule has 124 valence electrons. The molecule has 2 rings (SSSR count). The van der Waals surface area contributed by atoms with Crippen molar-refractivity contribution in [1.82, 2.24) is 0 Å². The Morgan fingerprint density at radius 2 is 2.13 bits per heavy atom. The lowest BCUT2D eigenvalue weighted by Gasteiger charge is -2.24. The Balaban J connectivity index is 2.55. The maximum absolute atomic E-state index is 11.5. The van der Waals surface area contributed by atoms with Crippen molar-refractivity contribution in [2.45, 2.75) is 18.4 Å². The fourth-order valence-electron chi connectivity index (χ4n) is 2.15. The molecule has 0 aliphatic rings. The Bertz CT molecular complexity index is 818. The first kappa shape index (κ1) is 17.3. The van der Waals surface area contributed by atoms with E-state index in [2.05, 4.69) is 0 Å². The normalized spacial score (nSPS) is 11.4. The van der Waals surface area contributed by atoms with Crippen LogP contribution in [0.4, 0.5) is 5.69 Å². The largest absolute Gasteiger partial charge is 0.478 e. The zero-order chi connectivity index (χ0) is 17.2. The lowest BCUT2D eigenvalue weighted by molar-refractivity contribution is 0.0697. The third-order valence-corrected chi connectivity index (χ3v) is 4.61. The topological polar surface area (TPSA) is 114 Å². The molecule has 9 heteroatoms. The van der Waals surface area contributed by atoms with Gasteiger partial charge in [-0.05, 0) is 31.2 Å². The van der Waals surface area contributed by atoms with Crippen LogP contribution in [0.25, 0.3) is 0 Å². The number of carboxylic acid groups (broad SMARTS) is 1. The zero-order valence-electron chi connectivity index (χ0n) is 12.2. The van der Waals surface area contributed by atoms with Gasteiger partial charge in [0.1, 0.15) is 10.7 Å². The summed E-state index contributed by atoms with van der Waals surface area (Å²) in [6.07, 6.45) is 1.51. The molecule has 0 unspecified atom stereocenters. The standard InChI is InChI=1S/C14H15ClN2O5S/c1-2-17(8-9-4-3-5-22-9)12-7-11(15)13(23(16,20)21)6-10(12)14(18)19/h3-7H,2,8H2,1H3,(H,18,19)(H2,16,20,21). The summed E-state index contributed by atoms with van der Waals surface area (Å²) >= 11 is 5.97. The van der Waals surface area contributed by atoms with Gasteiger partial charge in [-0.1, -0.05) is 11.6 Å². The molecule has 1 aromatic heterocycles. The Morgan fingerprint density at radius 3 is 2.61 bits per heavy atom. The zero-order valence-corrected chi connectivity index (χ0v) is 13.8. The van der Waals surface area contributed by atoms with Crippen molar-refractivity contribution < 1.29 is 22.7 Å². The number of anilines is 1. The number of sulfonamides is 1. The number of halogens is 1. The average molecular weight is 359 g/mol. The van der Waals surface area contributed by atoms with Crippen LogP contribution in [0.2, 0.25) is 5.02 Å². The van der Waals surface area contributed by atoms with E-state index in [1.54, 1.807) is 17.0 Å². The van der Waals surface area contributed by atoms with E-state index in [-0.39, 0.29) is 16.3 Å². The third kappa shape index (κ3) is 3.84. The number of primary sulfonamides is 1. The van der Waals surface area contributed by atoms with Gasteiger partial charge in [0.15, 0.2) is 0 Å². The minimum atomic E-state index is -4.12. The van der Waals surface area contributed by atoms with E-state index in [0.717, 1.165) is 6.07 Å². The number of nitrogens with zero attached hydrogens (tertiary/aromatic N) is 1. The quantitative estimate of drug-likeness (QED) is 0.819. The van der Waals surface area contributed by atoms with Gasteiger partial charge in [-0.15, -0.1) is 0 Å². The van der Waals surface area contributed by atoms with Crippen LogP contribution < -0.4 is 10.0 Å². The highest BCUT2D eigenvalue weighted by Gasteiger charge is 2.23. The van der Waals surface area contributed by atoms with Crippen LogP contribution in [0.5, 0.6) is 0 Å². The molecule has 0 fully saturated rings. The summed E-state index contributed by atoms with van der Waals surface area (Å²) in [5, 5.41) is 14.3. The molecule has 0 amide bonds. The predicted octanol–water partition coefficient (Wildman–Crippen LogP) is 2.31. The number of benzene rings is 1. The summed E-state index contributed by atoms with van der Waals surface area (Å²) in [5.41, 5.74) is 0.0839. The number of nitrogens with two attached hydrogens (primary N) is 1. The summed E-state index contributed by atoms with van der Waals surface area (Å²) in [6.45, 7) is 2.61. The van der Waals surface area contributed by atoms with Gasteiger partial charge < -0.3 is 14.4 Å². The molecule has 0 bridgehead atoms. The fraction of sp³-hybridized carbons (Fsp3) is 0.214. The smallest absolute Gasteiger partial charge is 0.337 e. The summed E-state index contributed by atoms with van der Waals surface area (Å²) in [6, 6.07) is 5.74. The lowest BCUT2D eigenvalue weighted by atomic mass is 10.1. The molecule has 0 spiro atoms. The number of carboxylic acids is 1. The first-order valence-electron chi connectivity index (χ1n) is 6.61. The molecule has 0 saturated carbocycles. The summed E-state index contributed by atoms with van der Waals surface area (Å²) in [4.78, 5) is 12.8. The molecular weight excluding hydrogens is 344 g/mol. The monoisotopic (exact) mass is 358 g/mol. The summed E-state index contributed by atoms with van der Waals surface area (Å²) < 4.78 is 28.3. The van der Waals surface area contributed by atoms with E-state index in [0.29, 0.717) is 18.8 Å². The van der Waals surface area contributed by atoms with Gasteiger partial charge in [-0.25, -0.2) is 18.4 Å². The van der Waals surface area contributed by atoms with E-state index >= 15 is 0 Å². The Morgan fingerprint density at radius 1 is 1.43 bits per heavy atom. The van der Waals surface area contributed by atoms with Crippen LogP contribution in [0.1, 0.15) is 23.0 Å². The van der Waals surface area contributed by atoms with Gasteiger partial charge >= 0.3 is 5.97 Å². The van der Waals surface area contributed by atoms with Gasteiger partial charge in [-0.2, -0.15) is 0 Å². The molecule has 0 aliphatic carbocycles. The van der Waals surface area contributed by atoms with E-state index in [9.17, 15) is 18.3 Å². The summed E-state index contributed by atoms with van der Waals surface area (Å²) in [7, 11) is -4.12. The van der Waals surface area contributed by atoms with Gasteiger partial charge in [0.05, 0.1) is 29.1 Å². The second-order valence-electron chi connectivity index (χ2n) is 4.74. The van der Waals surface area contributed by atoms with E-state index in [1.807, 2.05) is 6.92 Å². The summed E-state index contributed by atoms with van der Waals surface area (Å²) in [5.74, 6) is -0.644. The van der Waals surface area contributed by atoms with Crippen LogP contribution in [0.3, 0.4) is 0 Å². The number of furan rings is 1. The number of hydrogen-bond acceptors (Lipinski definition) is 5. The maximum atomic E-state index is 11.5. The molecule has 3 N–H and O–H groups in total. The van der Waals surface area contributed by atoms with Crippen LogP contribution in [-0.2, 0) is 16.6 Å². The first-order valence-corrected chi connectivity index (χ1v) is 8.53. The fourth-order valence-corrected chi connectivity index (χ4v) is 3.25. The second kappa shape index (κ2) is 6.61. The Labute approximate surface area is 138 Å². The number of rotatable bonds is 6. The molecule has 0 radical (unpaired) electrons. The van der Waals surface area contributed by atoms with Crippen LogP contribution in [-0.4, -0.2) is 26.0 Å². The highest BCUT2D eigenvalue weighted by atomic mass is 35.5. The minimum Gasteiger partial charge on any atom is -0.478 e. The van der Waals surface area contributed by atoms with Crippen molar-refractivity contribution in [3.05, 3.63) is 46.9 Å². The third-order valence-electron chi connectivity index (χ3n) is 3.24. The molecule has 7 nitrogen and oxygen atoms in total. The van der Waals surface area contributed by atoms with Crippen molar-refractivity contribution in [3.8, 4) is 0 Å². The SMILES string of the molecule is CCN(Cc1ccco1)c1cc(Cl)c(S(N)(=O)=O)cc1C(=O)O. The molecule has 23 heavy (non-hydrogen) atoms. The van der Waals surface area contributed by atoms with Gasteiger partial charge in [0.2, 0.25) is 10.0 Å². The number of carbonyl (C=O) groups is 1. The van der Waals surface area contributed by atoms with Gasteiger partial charge in [-0.3, -0.25) is 0 Å². The van der Waals surface area contributed by atoms with E-state index in [1.165, 1.54) is 12.3 Å². The van der Waals surface area contributed by atoms with Crippen molar-refractivity contribution in [2.24, 2.45) is 5.14 Å². The van der Waals surface area contributed by atoms with Crippen LogP contribution >= 0.6 is 11.6 Å². The Kier molecular flexibility index (Phi) is 4.98. The van der Waals surface area contributed by atoms with E-state index < -0.39 is 20.9 Å². The van der Waals surface area contributed by atoms with Crippen molar-refractivity contribution >= 4 is 33.3 Å². The number of hydrogen-bond donors (Lipinski definition) is 2. The molecule has 1 aromatic carbocycles. The molecular formula is C14H15ClN2O5S. The average Bonchev–Trinajstić information content (AvgIpc) is 2.95. The number of aromatic carboxylic acids is 1. The molecule has 2 aromatic rings. The van der Waals surface area contributed by atoms with Gasteiger partial charge in [0, 0.05) is 6.54 Å². The molecule has 0 saturated heterocycles. The molecule has 1 heterocycles. The highest BCUT2D eigenvalue weighted by Crippen LogP contribution is 2.31. The van der Waals surface area contributed by atoms with Crippen molar-refractivity contribution in [3.63, 3.8) is 0 Å². The molecule has 0 aliphatic heterocycles. The van der Waals surface area contributed by atoms with Crippen LogP contribution in [0.15, 0.2) is 39.8 Å². The minimum absolute atomic E-state index is 0.134. The molecule has 0 atom stereocenters. The second-order valence-corrected chi connectivity index (χ2v) is 6.68. The highest BCUT2D eigenvalue weighted by molar-refractivity contribution is 7.89. The van der Waals surface area contributed by atoms with Crippen molar-refractivity contribution in [1.29, 1.82) is 0 Å². The first-order chi connectivity index (χ1) is 10.7. The van der Waals surface area contributed by atoms with E-state index in [4.69, 9.17) is 21.2 Å². The predicted molar refractivity (Wildman–Crippen MR) is 85.2 cm³/mol. The maximum Gasteiger partial charge on any atom is 0.337 e. The van der Waals surface area contributed by atoms with Crippen LogP contribution in [0, 0.1) is 0 Å². The Hall–Kier alpha value is -2.03.